The summed E-state index contributed by atoms with van der Waals surface area (Å²) in [5.74, 6) is -1.04. The van der Waals surface area contributed by atoms with Gasteiger partial charge in [-0.1, -0.05) is 60.7 Å². The van der Waals surface area contributed by atoms with Gasteiger partial charge in [-0.2, -0.15) is 0 Å². The molecule has 0 aliphatic carbocycles. The Hall–Kier alpha value is -3.40. The predicted molar refractivity (Wildman–Crippen MR) is 99.2 cm³/mol. The molecule has 3 aromatic rings. The van der Waals surface area contributed by atoms with Crippen LogP contribution in [0, 0.1) is 0 Å². The largest absolute Gasteiger partial charge is 0.366 e. The maximum atomic E-state index is 10.6. The summed E-state index contributed by atoms with van der Waals surface area (Å²) in [4.78, 5) is 21.2. The first kappa shape index (κ1) is 17.9. The Morgan fingerprint density at radius 3 is 1.16 bits per heavy atom. The van der Waals surface area contributed by atoms with E-state index in [1.54, 1.807) is 0 Å². The molecule has 0 saturated carbocycles. The minimum absolute atomic E-state index is 0.361. The van der Waals surface area contributed by atoms with Crippen LogP contribution in [-0.4, -0.2) is 11.8 Å². The summed E-state index contributed by atoms with van der Waals surface area (Å²) in [5.41, 5.74) is 13.4. The third-order valence-corrected chi connectivity index (χ3v) is 3.55. The molecule has 0 heterocycles. The monoisotopic (exact) mass is 332 g/mol. The molecule has 0 aliphatic heterocycles. The van der Waals surface area contributed by atoms with Crippen molar-refractivity contribution in [3.63, 3.8) is 0 Å². The van der Waals surface area contributed by atoms with Crippen molar-refractivity contribution in [1.29, 1.82) is 0 Å². The second kappa shape index (κ2) is 9.03. The van der Waals surface area contributed by atoms with Gasteiger partial charge in [0.2, 0.25) is 11.8 Å². The van der Waals surface area contributed by atoms with Crippen LogP contribution in [0.2, 0.25) is 0 Å². The first-order chi connectivity index (χ1) is 12.1. The fraction of sp³-hybridized carbons (Fsp3) is 0.0476. The third-order valence-electron chi connectivity index (χ3n) is 3.55. The Kier molecular flexibility index (Phi) is 6.48. The van der Waals surface area contributed by atoms with E-state index in [0.29, 0.717) is 11.1 Å². The van der Waals surface area contributed by atoms with E-state index in [1.807, 2.05) is 0 Å². The zero-order chi connectivity index (χ0) is 18.1. The van der Waals surface area contributed by atoms with Gasteiger partial charge in [-0.05, 0) is 41.8 Å². The Balaban J connectivity index is 0.000000181. The molecule has 0 unspecified atom stereocenters. The number of benzene rings is 3. The maximum absolute atomic E-state index is 10.6. The van der Waals surface area contributed by atoms with Crippen molar-refractivity contribution >= 4 is 11.8 Å². The molecule has 4 heteroatoms. The minimum atomic E-state index is -0.522. The van der Waals surface area contributed by atoms with E-state index in [2.05, 4.69) is 60.7 Å². The molecule has 3 aromatic carbocycles. The number of amides is 2. The average Bonchev–Trinajstić information content (AvgIpc) is 2.64. The lowest BCUT2D eigenvalue weighted by Crippen LogP contribution is -2.13. The second-order valence-electron chi connectivity index (χ2n) is 5.45. The molecule has 4 nitrogen and oxygen atoms in total. The normalized spacial score (nSPS) is 9.60. The first-order valence-electron chi connectivity index (χ1n) is 7.84. The van der Waals surface area contributed by atoms with E-state index in [-0.39, 0.29) is 0 Å². The van der Waals surface area contributed by atoms with Gasteiger partial charge in [0.05, 0.1) is 0 Å². The van der Waals surface area contributed by atoms with Crippen molar-refractivity contribution in [3.8, 4) is 0 Å². The molecule has 0 atom stereocenters. The molecule has 2 amide bonds. The number of carbonyl (C=O) groups is 2. The number of hydrogen-bond donors (Lipinski definition) is 2. The third kappa shape index (κ3) is 5.95. The smallest absolute Gasteiger partial charge is 0.248 e. The van der Waals surface area contributed by atoms with Crippen molar-refractivity contribution < 1.29 is 9.59 Å². The van der Waals surface area contributed by atoms with Gasteiger partial charge in [0, 0.05) is 11.1 Å². The molecule has 0 aliphatic rings. The molecule has 0 aromatic heterocycles. The lowest BCUT2D eigenvalue weighted by molar-refractivity contribution is 0.0988. The van der Waals surface area contributed by atoms with Crippen LogP contribution in [0.15, 0.2) is 84.9 Å². The van der Waals surface area contributed by atoms with Gasteiger partial charge >= 0.3 is 0 Å². The molecule has 0 spiro atoms. The van der Waals surface area contributed by atoms with Gasteiger partial charge in [-0.3, -0.25) is 9.59 Å². The molecule has 0 saturated heterocycles. The number of primary amides is 2. The van der Waals surface area contributed by atoms with E-state index < -0.39 is 11.8 Å². The van der Waals surface area contributed by atoms with Crippen molar-refractivity contribution in [3.05, 3.63) is 107 Å². The summed E-state index contributed by atoms with van der Waals surface area (Å²) in [7, 11) is 0. The van der Waals surface area contributed by atoms with E-state index in [9.17, 15) is 9.59 Å². The van der Waals surface area contributed by atoms with Crippen LogP contribution < -0.4 is 11.5 Å². The summed E-state index contributed by atoms with van der Waals surface area (Å²) in [6.45, 7) is 0. The highest BCUT2D eigenvalue weighted by Gasteiger charge is 2.02. The van der Waals surface area contributed by atoms with Gasteiger partial charge in [-0.25, -0.2) is 0 Å². The van der Waals surface area contributed by atoms with Crippen LogP contribution in [0.3, 0.4) is 0 Å². The standard InChI is InChI=1S/C13H12.C8H8N2O2/c1-3-7-12(8-4-1)11-13-9-5-2-6-10-13;9-7(11)5-1-2-6(4-3-5)8(10)12/h1-10H,11H2;1-4H,(H2,9,11)(H2,10,12). The minimum Gasteiger partial charge on any atom is -0.366 e. The number of carbonyl (C=O) groups excluding carboxylic acids is 2. The zero-order valence-electron chi connectivity index (χ0n) is 13.8. The predicted octanol–water partition coefficient (Wildman–Crippen LogP) is 3.16. The van der Waals surface area contributed by atoms with Crippen molar-refractivity contribution in [2.45, 2.75) is 6.42 Å². The van der Waals surface area contributed by atoms with Gasteiger partial charge in [0.15, 0.2) is 0 Å². The lowest BCUT2D eigenvalue weighted by Gasteiger charge is -2.00. The van der Waals surface area contributed by atoms with Crippen LogP contribution in [0.4, 0.5) is 0 Å². The van der Waals surface area contributed by atoms with E-state index in [0.717, 1.165) is 6.42 Å². The number of hydrogen-bond acceptors (Lipinski definition) is 2. The summed E-state index contributed by atoms with van der Waals surface area (Å²) in [6.07, 6.45) is 1.03. The molecule has 4 N–H and O–H groups in total. The summed E-state index contributed by atoms with van der Waals surface area (Å²) >= 11 is 0. The van der Waals surface area contributed by atoms with Gasteiger partial charge < -0.3 is 11.5 Å². The fourth-order valence-electron chi connectivity index (χ4n) is 2.23. The fourth-order valence-corrected chi connectivity index (χ4v) is 2.23. The van der Waals surface area contributed by atoms with Crippen LogP contribution in [0.1, 0.15) is 31.8 Å². The molecule has 0 radical (unpaired) electrons. The average molecular weight is 332 g/mol. The van der Waals surface area contributed by atoms with Gasteiger partial charge in [-0.15, -0.1) is 0 Å². The van der Waals surface area contributed by atoms with Crippen LogP contribution in [0.25, 0.3) is 0 Å². The molecule has 0 bridgehead atoms. The van der Waals surface area contributed by atoms with E-state index >= 15 is 0 Å². The SMILES string of the molecule is NC(=O)c1ccc(C(N)=O)cc1.c1ccc(Cc2ccccc2)cc1. The van der Waals surface area contributed by atoms with E-state index in [1.165, 1.54) is 35.4 Å². The molecular weight excluding hydrogens is 312 g/mol. The highest BCUT2D eigenvalue weighted by Crippen LogP contribution is 2.07. The molecule has 126 valence electrons. The molecule has 0 fully saturated rings. The van der Waals surface area contributed by atoms with E-state index in [4.69, 9.17) is 11.5 Å². The highest BCUT2D eigenvalue weighted by atomic mass is 16.1. The molecule has 3 rings (SSSR count). The van der Waals surface area contributed by atoms with Crippen molar-refractivity contribution in [2.24, 2.45) is 11.5 Å². The summed E-state index contributed by atoms with van der Waals surface area (Å²) in [5, 5.41) is 0. The number of nitrogens with two attached hydrogens (primary N) is 2. The maximum Gasteiger partial charge on any atom is 0.248 e. The highest BCUT2D eigenvalue weighted by molar-refractivity contribution is 5.96. The zero-order valence-corrected chi connectivity index (χ0v) is 13.8. The van der Waals surface area contributed by atoms with Crippen LogP contribution >= 0.6 is 0 Å². The van der Waals surface area contributed by atoms with Gasteiger partial charge in [0.1, 0.15) is 0 Å². The van der Waals surface area contributed by atoms with Crippen LogP contribution in [0.5, 0.6) is 0 Å². The summed E-state index contributed by atoms with van der Waals surface area (Å²) in [6, 6.07) is 26.9. The Morgan fingerprint density at radius 2 is 0.880 bits per heavy atom. The second-order valence-corrected chi connectivity index (χ2v) is 5.45. The quantitative estimate of drug-likeness (QED) is 0.769. The topological polar surface area (TPSA) is 86.2 Å². The van der Waals surface area contributed by atoms with Crippen LogP contribution in [-0.2, 0) is 6.42 Å². The molecular formula is C21H20N2O2. The Morgan fingerprint density at radius 1 is 0.560 bits per heavy atom. The summed E-state index contributed by atoms with van der Waals surface area (Å²) < 4.78 is 0. The Labute approximate surface area is 147 Å². The number of rotatable bonds is 4. The lowest BCUT2D eigenvalue weighted by atomic mass is 10.1. The van der Waals surface area contributed by atoms with Crippen molar-refractivity contribution in [1.82, 2.24) is 0 Å². The Bertz CT molecular complexity index is 743. The van der Waals surface area contributed by atoms with Gasteiger partial charge in [0.25, 0.3) is 0 Å². The molecule has 25 heavy (non-hydrogen) atoms. The van der Waals surface area contributed by atoms with Crippen molar-refractivity contribution in [2.75, 3.05) is 0 Å². The first-order valence-corrected chi connectivity index (χ1v) is 7.84.